The lowest BCUT2D eigenvalue weighted by atomic mass is 9.98. The van der Waals surface area contributed by atoms with E-state index in [0.29, 0.717) is 6.42 Å². The lowest BCUT2D eigenvalue weighted by molar-refractivity contribution is -0.141. The number of rotatable bonds is 7. The molecule has 1 unspecified atom stereocenters. The molecule has 0 aliphatic rings. The molecule has 0 aromatic heterocycles. The fourth-order valence-corrected chi connectivity index (χ4v) is 1.93. The number of carboxylic acid groups (broad SMARTS) is 1. The van der Waals surface area contributed by atoms with Gasteiger partial charge in [-0.1, -0.05) is 92.5 Å². The van der Waals surface area contributed by atoms with Crippen LogP contribution < -0.4 is 0 Å². The summed E-state index contributed by atoms with van der Waals surface area (Å²) in [4.78, 5) is 10.8. The summed E-state index contributed by atoms with van der Waals surface area (Å²) < 4.78 is 0. The van der Waals surface area contributed by atoms with Gasteiger partial charge in [0.2, 0.25) is 0 Å². The summed E-state index contributed by atoms with van der Waals surface area (Å²) in [5.74, 6) is -1.03. The molecule has 0 amide bonds. The van der Waals surface area contributed by atoms with Crippen molar-refractivity contribution in [3.63, 3.8) is 0 Å². The van der Waals surface area contributed by atoms with Gasteiger partial charge in [0.1, 0.15) is 0 Å². The minimum Gasteiger partial charge on any atom is -0.481 e. The Balaban J connectivity index is -0.000000595. The summed E-state index contributed by atoms with van der Waals surface area (Å²) in [5, 5.41) is 8.89. The topological polar surface area (TPSA) is 37.3 Å². The number of carbonyl (C=O) groups is 1. The first-order valence-electron chi connectivity index (χ1n) is 9.44. The Bertz CT molecular complexity index is 359. The first-order valence-corrected chi connectivity index (χ1v) is 9.44. The summed E-state index contributed by atoms with van der Waals surface area (Å²) >= 11 is 0. The highest BCUT2D eigenvalue weighted by atomic mass is 16.4. The van der Waals surface area contributed by atoms with Crippen molar-refractivity contribution in [1.82, 2.24) is 0 Å². The predicted molar refractivity (Wildman–Crippen MR) is 104 cm³/mol. The van der Waals surface area contributed by atoms with Gasteiger partial charge in [-0.25, -0.2) is 0 Å². The number of aryl methyl sites for hydroxylation is 1. The van der Waals surface area contributed by atoms with Crippen LogP contribution in [0, 0.1) is 5.92 Å². The smallest absolute Gasteiger partial charge is 0.306 e. The molecule has 1 atom stereocenters. The Labute approximate surface area is 145 Å². The average molecular weight is 325 g/mol. The molecule has 0 bridgehead atoms. The second kappa shape index (κ2) is 20.7. The maximum Gasteiger partial charge on any atom is 0.306 e. The molecule has 0 saturated heterocycles. The summed E-state index contributed by atoms with van der Waals surface area (Å²) in [5.41, 5.74) is 2.46. The van der Waals surface area contributed by atoms with Gasteiger partial charge in [-0.15, -0.1) is 0 Å². The number of aliphatic carboxylic acids is 1. The van der Waals surface area contributed by atoms with Crippen molar-refractivity contribution < 1.29 is 9.90 Å². The van der Waals surface area contributed by atoms with Crippen LogP contribution in [0.3, 0.4) is 0 Å². The van der Waals surface area contributed by atoms with Crippen LogP contribution in [0.25, 0.3) is 0 Å². The molecule has 0 heterocycles. The molecule has 1 aromatic rings. The fourth-order valence-electron chi connectivity index (χ4n) is 1.93. The SMILES string of the molecule is CC.CC.CC.CCCCCc1cccc(CC(C)C(=O)O)c1. The van der Waals surface area contributed by atoms with Crippen molar-refractivity contribution >= 4 is 5.97 Å². The van der Waals surface area contributed by atoms with E-state index in [9.17, 15) is 4.79 Å². The van der Waals surface area contributed by atoms with Crippen LogP contribution >= 0.6 is 0 Å². The van der Waals surface area contributed by atoms with E-state index >= 15 is 0 Å². The molecular weight excluding hydrogens is 284 g/mol. The van der Waals surface area contributed by atoms with Gasteiger partial charge in [-0.2, -0.15) is 0 Å². The third-order valence-corrected chi connectivity index (χ3v) is 3.02. The van der Waals surface area contributed by atoms with Gasteiger partial charge in [0.25, 0.3) is 0 Å². The molecule has 0 radical (unpaired) electrons. The van der Waals surface area contributed by atoms with E-state index < -0.39 is 5.97 Å². The minimum absolute atomic E-state index is 0.305. The first-order chi connectivity index (χ1) is 11.1. The van der Waals surface area contributed by atoms with E-state index in [0.717, 1.165) is 12.0 Å². The molecule has 1 N–H and O–H groups in total. The van der Waals surface area contributed by atoms with Gasteiger partial charge < -0.3 is 5.11 Å². The van der Waals surface area contributed by atoms with Crippen molar-refractivity contribution in [3.8, 4) is 0 Å². The monoisotopic (exact) mass is 324 g/mol. The third kappa shape index (κ3) is 15.4. The van der Waals surface area contributed by atoms with Crippen LogP contribution in [0.1, 0.15) is 85.8 Å². The summed E-state index contributed by atoms with van der Waals surface area (Å²) in [6, 6.07) is 8.33. The maximum absolute atomic E-state index is 10.8. The van der Waals surface area contributed by atoms with Gasteiger partial charge in [-0.05, 0) is 30.4 Å². The molecule has 0 fully saturated rings. The Morgan fingerprint density at radius 2 is 1.52 bits per heavy atom. The van der Waals surface area contributed by atoms with Gasteiger partial charge >= 0.3 is 5.97 Å². The van der Waals surface area contributed by atoms with E-state index in [1.165, 1.54) is 24.8 Å². The zero-order valence-corrected chi connectivity index (χ0v) is 16.8. The molecule has 0 spiro atoms. The highest BCUT2D eigenvalue weighted by molar-refractivity contribution is 5.69. The summed E-state index contributed by atoms with van der Waals surface area (Å²) in [7, 11) is 0. The standard InChI is InChI=1S/C15H22O2.3C2H6/c1-3-4-5-7-13-8-6-9-14(11-13)10-12(2)15(16)17;3*1-2/h6,8-9,11-12H,3-5,7,10H2,1-2H3,(H,16,17);3*1-2H3. The van der Waals surface area contributed by atoms with Crippen LogP contribution in [0.15, 0.2) is 24.3 Å². The van der Waals surface area contributed by atoms with Gasteiger partial charge in [0.15, 0.2) is 0 Å². The molecule has 136 valence electrons. The Hall–Kier alpha value is -1.31. The van der Waals surface area contributed by atoms with E-state index in [-0.39, 0.29) is 5.92 Å². The lowest BCUT2D eigenvalue weighted by Gasteiger charge is -2.08. The quantitative estimate of drug-likeness (QED) is 0.562. The van der Waals surface area contributed by atoms with Gasteiger partial charge in [0, 0.05) is 0 Å². The van der Waals surface area contributed by atoms with Crippen molar-refractivity contribution in [3.05, 3.63) is 35.4 Å². The first kappa shape index (κ1) is 26.6. The van der Waals surface area contributed by atoms with E-state index in [2.05, 4.69) is 19.1 Å². The average Bonchev–Trinajstić information content (AvgIpc) is 2.61. The third-order valence-electron chi connectivity index (χ3n) is 3.02. The molecule has 0 saturated carbocycles. The Kier molecular flexibility index (Phi) is 23.9. The highest BCUT2D eigenvalue weighted by Crippen LogP contribution is 2.13. The zero-order chi connectivity index (χ0) is 18.7. The largest absolute Gasteiger partial charge is 0.481 e. The van der Waals surface area contributed by atoms with Crippen LogP contribution in [0.4, 0.5) is 0 Å². The molecule has 2 nitrogen and oxygen atoms in total. The Morgan fingerprint density at radius 3 is 2.00 bits per heavy atom. The number of carboxylic acids is 1. The van der Waals surface area contributed by atoms with Crippen molar-refractivity contribution in [2.24, 2.45) is 5.92 Å². The number of unbranched alkanes of at least 4 members (excludes halogenated alkanes) is 2. The van der Waals surface area contributed by atoms with Crippen LogP contribution in [-0.4, -0.2) is 11.1 Å². The molecule has 0 aliphatic carbocycles. The number of hydrogen-bond donors (Lipinski definition) is 1. The lowest BCUT2D eigenvalue weighted by Crippen LogP contribution is -2.12. The van der Waals surface area contributed by atoms with Crippen molar-refractivity contribution in [2.75, 3.05) is 0 Å². The van der Waals surface area contributed by atoms with E-state index in [1.807, 2.05) is 53.7 Å². The van der Waals surface area contributed by atoms with E-state index in [4.69, 9.17) is 5.11 Å². The molecule has 1 rings (SSSR count). The Morgan fingerprint density at radius 1 is 1.00 bits per heavy atom. The number of benzene rings is 1. The maximum atomic E-state index is 10.8. The number of hydrogen-bond acceptors (Lipinski definition) is 1. The zero-order valence-electron chi connectivity index (χ0n) is 16.8. The van der Waals surface area contributed by atoms with Gasteiger partial charge in [0.05, 0.1) is 5.92 Å². The van der Waals surface area contributed by atoms with Crippen molar-refractivity contribution in [1.29, 1.82) is 0 Å². The highest BCUT2D eigenvalue weighted by Gasteiger charge is 2.11. The molecule has 2 heteroatoms. The van der Waals surface area contributed by atoms with Crippen LogP contribution in [-0.2, 0) is 17.6 Å². The fraction of sp³-hybridized carbons (Fsp3) is 0.667. The van der Waals surface area contributed by atoms with Crippen LogP contribution in [0.2, 0.25) is 0 Å². The predicted octanol–water partition coefficient (Wildman–Crippen LogP) is 6.76. The molecule has 0 aliphatic heterocycles. The van der Waals surface area contributed by atoms with Gasteiger partial charge in [-0.3, -0.25) is 4.79 Å². The minimum atomic E-state index is -0.721. The second-order valence-electron chi connectivity index (χ2n) is 4.72. The normalized spacial score (nSPS) is 9.91. The van der Waals surface area contributed by atoms with E-state index in [1.54, 1.807) is 6.92 Å². The molecule has 1 aromatic carbocycles. The van der Waals surface area contributed by atoms with Crippen molar-refractivity contribution in [2.45, 2.75) is 87.5 Å². The molecule has 23 heavy (non-hydrogen) atoms. The second-order valence-corrected chi connectivity index (χ2v) is 4.72. The van der Waals surface area contributed by atoms with Crippen LogP contribution in [0.5, 0.6) is 0 Å². The summed E-state index contributed by atoms with van der Waals surface area (Å²) in [6.07, 6.45) is 5.43. The molecular formula is C21H40O2. The summed E-state index contributed by atoms with van der Waals surface area (Å²) in [6.45, 7) is 16.0.